The number of nitrogens with zero attached hydrogens (tertiary/aromatic N) is 1. The highest BCUT2D eigenvalue weighted by atomic mass is 16.3. The molecule has 2 nitrogen and oxygen atoms in total. The zero-order valence-corrected chi connectivity index (χ0v) is 9.69. The van der Waals surface area contributed by atoms with Gasteiger partial charge in [-0.05, 0) is 36.5 Å². The second-order valence-corrected chi connectivity index (χ2v) is 4.13. The number of aliphatic hydroxyl groups excluding tert-OH is 1. The van der Waals surface area contributed by atoms with Crippen molar-refractivity contribution in [2.75, 3.05) is 0 Å². The summed E-state index contributed by atoms with van der Waals surface area (Å²) in [7, 11) is 0. The van der Waals surface area contributed by atoms with Gasteiger partial charge in [0, 0.05) is 12.4 Å². The van der Waals surface area contributed by atoms with Crippen LogP contribution in [0.4, 0.5) is 0 Å². The summed E-state index contributed by atoms with van der Waals surface area (Å²) in [6.07, 6.45) is 7.32. The first kappa shape index (κ1) is 12.2. The van der Waals surface area contributed by atoms with E-state index < -0.39 is 0 Å². The SMILES string of the molecule is CCC(CC)CC(O)Cc1ccncc1. The fraction of sp³-hybridized carbons (Fsp3) is 0.615. The van der Waals surface area contributed by atoms with E-state index in [0.717, 1.165) is 25.7 Å². The Morgan fingerprint density at radius 1 is 1.20 bits per heavy atom. The standard InChI is InChI=1S/C13H21NO/c1-3-11(4-2)9-13(15)10-12-5-7-14-8-6-12/h5-8,11,13,15H,3-4,9-10H2,1-2H3. The van der Waals surface area contributed by atoms with E-state index in [1.165, 1.54) is 5.56 Å². The van der Waals surface area contributed by atoms with Crippen LogP contribution in [0.2, 0.25) is 0 Å². The molecule has 0 radical (unpaired) electrons. The number of aromatic nitrogens is 1. The van der Waals surface area contributed by atoms with Gasteiger partial charge in [0.25, 0.3) is 0 Å². The Labute approximate surface area is 92.4 Å². The summed E-state index contributed by atoms with van der Waals surface area (Å²) in [4.78, 5) is 3.96. The first-order valence-corrected chi connectivity index (χ1v) is 5.83. The molecular formula is C13H21NO. The highest BCUT2D eigenvalue weighted by Gasteiger charge is 2.11. The van der Waals surface area contributed by atoms with Crippen LogP contribution in [0.25, 0.3) is 0 Å². The molecule has 0 aromatic carbocycles. The van der Waals surface area contributed by atoms with Crippen LogP contribution in [-0.2, 0) is 6.42 Å². The first-order valence-electron chi connectivity index (χ1n) is 5.83. The van der Waals surface area contributed by atoms with E-state index in [4.69, 9.17) is 0 Å². The minimum Gasteiger partial charge on any atom is -0.393 e. The van der Waals surface area contributed by atoms with Crippen LogP contribution in [0, 0.1) is 5.92 Å². The molecule has 1 N–H and O–H groups in total. The van der Waals surface area contributed by atoms with Crippen LogP contribution in [0.15, 0.2) is 24.5 Å². The maximum Gasteiger partial charge on any atom is 0.0583 e. The Balaban J connectivity index is 2.39. The molecule has 84 valence electrons. The van der Waals surface area contributed by atoms with E-state index in [1.807, 2.05) is 12.1 Å². The van der Waals surface area contributed by atoms with Crippen molar-refractivity contribution in [3.63, 3.8) is 0 Å². The molecule has 2 heteroatoms. The number of rotatable bonds is 6. The summed E-state index contributed by atoms with van der Waals surface area (Å²) >= 11 is 0. The van der Waals surface area contributed by atoms with Crippen molar-refractivity contribution < 1.29 is 5.11 Å². The lowest BCUT2D eigenvalue weighted by molar-refractivity contribution is 0.139. The number of aliphatic hydroxyl groups is 1. The van der Waals surface area contributed by atoms with Gasteiger partial charge in [-0.2, -0.15) is 0 Å². The van der Waals surface area contributed by atoms with Gasteiger partial charge in [0.05, 0.1) is 6.10 Å². The topological polar surface area (TPSA) is 33.1 Å². The maximum atomic E-state index is 9.91. The molecule has 0 fully saturated rings. The molecule has 1 aromatic rings. The maximum absolute atomic E-state index is 9.91. The third-order valence-corrected chi connectivity index (χ3v) is 2.98. The summed E-state index contributed by atoms with van der Waals surface area (Å²) in [5.74, 6) is 0.654. The fourth-order valence-electron chi connectivity index (χ4n) is 1.88. The molecule has 0 aliphatic rings. The largest absolute Gasteiger partial charge is 0.393 e. The van der Waals surface area contributed by atoms with Crippen molar-refractivity contribution in [2.24, 2.45) is 5.92 Å². The van der Waals surface area contributed by atoms with Gasteiger partial charge in [0.15, 0.2) is 0 Å². The molecule has 0 aliphatic carbocycles. The second kappa shape index (κ2) is 6.57. The van der Waals surface area contributed by atoms with E-state index in [0.29, 0.717) is 5.92 Å². The molecule has 1 atom stereocenters. The number of hydrogen-bond acceptors (Lipinski definition) is 2. The van der Waals surface area contributed by atoms with Crippen LogP contribution < -0.4 is 0 Å². The summed E-state index contributed by atoms with van der Waals surface area (Å²) in [6.45, 7) is 4.38. The Morgan fingerprint density at radius 3 is 2.33 bits per heavy atom. The molecule has 0 spiro atoms. The zero-order chi connectivity index (χ0) is 11.1. The Morgan fingerprint density at radius 2 is 1.80 bits per heavy atom. The second-order valence-electron chi connectivity index (χ2n) is 4.13. The minimum atomic E-state index is -0.211. The summed E-state index contributed by atoms with van der Waals surface area (Å²) in [5.41, 5.74) is 1.17. The molecule has 1 aromatic heterocycles. The van der Waals surface area contributed by atoms with Crippen molar-refractivity contribution in [2.45, 2.75) is 45.6 Å². The van der Waals surface area contributed by atoms with E-state index in [9.17, 15) is 5.11 Å². The Bertz CT molecular complexity index is 256. The van der Waals surface area contributed by atoms with Crippen LogP contribution in [0.3, 0.4) is 0 Å². The van der Waals surface area contributed by atoms with Gasteiger partial charge in [0.2, 0.25) is 0 Å². The smallest absolute Gasteiger partial charge is 0.0583 e. The normalized spacial score (nSPS) is 13.1. The molecule has 1 rings (SSSR count). The average Bonchev–Trinajstić information content (AvgIpc) is 2.27. The lowest BCUT2D eigenvalue weighted by Gasteiger charge is -2.17. The molecule has 1 unspecified atom stereocenters. The first-order chi connectivity index (χ1) is 7.26. The van der Waals surface area contributed by atoms with Crippen molar-refractivity contribution in [1.82, 2.24) is 4.98 Å². The van der Waals surface area contributed by atoms with Crippen molar-refractivity contribution in [3.8, 4) is 0 Å². The van der Waals surface area contributed by atoms with Crippen molar-refractivity contribution >= 4 is 0 Å². The van der Waals surface area contributed by atoms with E-state index >= 15 is 0 Å². The molecule has 15 heavy (non-hydrogen) atoms. The molecule has 0 bridgehead atoms. The summed E-state index contributed by atoms with van der Waals surface area (Å²) in [6, 6.07) is 3.94. The highest BCUT2D eigenvalue weighted by molar-refractivity contribution is 5.10. The zero-order valence-electron chi connectivity index (χ0n) is 9.69. The molecule has 0 amide bonds. The summed E-state index contributed by atoms with van der Waals surface area (Å²) in [5, 5.41) is 9.91. The van der Waals surface area contributed by atoms with E-state index in [1.54, 1.807) is 12.4 Å². The molecule has 0 saturated carbocycles. The van der Waals surface area contributed by atoms with Gasteiger partial charge in [-0.25, -0.2) is 0 Å². The van der Waals surface area contributed by atoms with Gasteiger partial charge < -0.3 is 5.11 Å². The molecule has 0 aliphatic heterocycles. The van der Waals surface area contributed by atoms with Gasteiger partial charge in [-0.1, -0.05) is 26.7 Å². The van der Waals surface area contributed by atoms with E-state index in [2.05, 4.69) is 18.8 Å². The third-order valence-electron chi connectivity index (χ3n) is 2.98. The van der Waals surface area contributed by atoms with E-state index in [-0.39, 0.29) is 6.10 Å². The quantitative estimate of drug-likeness (QED) is 0.778. The molecule has 1 heterocycles. The van der Waals surface area contributed by atoms with Crippen LogP contribution in [0.1, 0.15) is 38.7 Å². The van der Waals surface area contributed by atoms with Gasteiger partial charge in [-0.15, -0.1) is 0 Å². The Kier molecular flexibility index (Phi) is 5.33. The molecular weight excluding hydrogens is 186 g/mol. The fourth-order valence-corrected chi connectivity index (χ4v) is 1.88. The van der Waals surface area contributed by atoms with Gasteiger partial charge >= 0.3 is 0 Å². The lowest BCUT2D eigenvalue weighted by atomic mass is 9.93. The minimum absolute atomic E-state index is 0.211. The van der Waals surface area contributed by atoms with Crippen LogP contribution in [0.5, 0.6) is 0 Å². The lowest BCUT2D eigenvalue weighted by Crippen LogP contribution is -2.15. The average molecular weight is 207 g/mol. The number of hydrogen-bond donors (Lipinski definition) is 1. The monoisotopic (exact) mass is 207 g/mol. The van der Waals surface area contributed by atoms with Gasteiger partial charge in [-0.3, -0.25) is 4.98 Å². The highest BCUT2D eigenvalue weighted by Crippen LogP contribution is 2.17. The Hall–Kier alpha value is -0.890. The van der Waals surface area contributed by atoms with Crippen molar-refractivity contribution in [1.29, 1.82) is 0 Å². The van der Waals surface area contributed by atoms with Crippen molar-refractivity contribution in [3.05, 3.63) is 30.1 Å². The van der Waals surface area contributed by atoms with Gasteiger partial charge in [0.1, 0.15) is 0 Å². The number of pyridine rings is 1. The molecule has 0 saturated heterocycles. The summed E-state index contributed by atoms with van der Waals surface area (Å²) < 4.78 is 0. The third kappa shape index (κ3) is 4.43. The van der Waals surface area contributed by atoms with Crippen LogP contribution in [-0.4, -0.2) is 16.2 Å². The van der Waals surface area contributed by atoms with Crippen LogP contribution >= 0.6 is 0 Å². The predicted octanol–water partition coefficient (Wildman–Crippen LogP) is 2.81. The predicted molar refractivity (Wildman–Crippen MR) is 62.6 cm³/mol.